The largest absolute Gasteiger partial charge is 0.497 e. The number of hydrogen-bond acceptors (Lipinski definition) is 3. The average molecular weight is 259 g/mol. The van der Waals surface area contributed by atoms with Crippen molar-refractivity contribution in [3.63, 3.8) is 0 Å². The van der Waals surface area contributed by atoms with Gasteiger partial charge in [-0.05, 0) is 31.7 Å². The Morgan fingerprint density at radius 3 is 2.58 bits per heavy atom. The van der Waals surface area contributed by atoms with Crippen LogP contribution in [0.1, 0.15) is 18.3 Å². The van der Waals surface area contributed by atoms with E-state index in [1.807, 2.05) is 24.5 Å². The second-order valence-corrected chi connectivity index (χ2v) is 4.65. The van der Waals surface area contributed by atoms with Crippen LogP contribution in [-0.2, 0) is 19.6 Å². The monoisotopic (exact) mass is 259 g/mol. The van der Waals surface area contributed by atoms with Gasteiger partial charge in [0.15, 0.2) is 0 Å². The van der Waals surface area contributed by atoms with Crippen molar-refractivity contribution in [1.82, 2.24) is 14.5 Å². The molecule has 2 rings (SSSR count). The molecular formula is C15H21N3O. The Hall–Kier alpha value is -1.81. The van der Waals surface area contributed by atoms with Crippen molar-refractivity contribution in [3.8, 4) is 5.75 Å². The van der Waals surface area contributed by atoms with Gasteiger partial charge in [0, 0.05) is 25.5 Å². The molecule has 0 radical (unpaired) electrons. The van der Waals surface area contributed by atoms with Crippen LogP contribution >= 0.6 is 0 Å². The summed E-state index contributed by atoms with van der Waals surface area (Å²) in [5.41, 5.74) is 1.28. The predicted octanol–water partition coefficient (Wildman–Crippen LogP) is 2.54. The number of aryl methyl sites for hydroxylation is 1. The molecular weight excluding hydrogens is 238 g/mol. The molecule has 0 atom stereocenters. The number of ether oxygens (including phenoxy) is 1. The van der Waals surface area contributed by atoms with E-state index in [4.69, 9.17) is 4.74 Å². The van der Waals surface area contributed by atoms with Crippen LogP contribution in [0.25, 0.3) is 0 Å². The highest BCUT2D eigenvalue weighted by molar-refractivity contribution is 5.27. The van der Waals surface area contributed by atoms with Gasteiger partial charge in [-0.15, -0.1) is 0 Å². The number of methoxy groups -OCH3 is 1. The van der Waals surface area contributed by atoms with Crippen LogP contribution in [0, 0.1) is 0 Å². The van der Waals surface area contributed by atoms with Gasteiger partial charge < -0.3 is 9.30 Å². The van der Waals surface area contributed by atoms with E-state index in [9.17, 15) is 0 Å². The van der Waals surface area contributed by atoms with Crippen LogP contribution in [-0.4, -0.2) is 28.6 Å². The van der Waals surface area contributed by atoms with Crippen LogP contribution in [0.4, 0.5) is 0 Å². The highest BCUT2D eigenvalue weighted by atomic mass is 16.5. The maximum absolute atomic E-state index is 5.16. The average Bonchev–Trinajstić information content (AvgIpc) is 2.86. The quantitative estimate of drug-likeness (QED) is 0.798. The zero-order valence-electron chi connectivity index (χ0n) is 11.8. The van der Waals surface area contributed by atoms with Gasteiger partial charge in [0.1, 0.15) is 11.6 Å². The van der Waals surface area contributed by atoms with E-state index in [-0.39, 0.29) is 0 Å². The summed E-state index contributed by atoms with van der Waals surface area (Å²) in [7, 11) is 3.80. The Morgan fingerprint density at radius 1 is 1.21 bits per heavy atom. The van der Waals surface area contributed by atoms with E-state index < -0.39 is 0 Å². The molecule has 1 aromatic carbocycles. The second kappa shape index (κ2) is 6.38. The fourth-order valence-electron chi connectivity index (χ4n) is 2.12. The zero-order chi connectivity index (χ0) is 13.7. The van der Waals surface area contributed by atoms with Gasteiger partial charge in [-0.2, -0.15) is 0 Å². The van der Waals surface area contributed by atoms with E-state index >= 15 is 0 Å². The van der Waals surface area contributed by atoms with Crippen LogP contribution in [0.15, 0.2) is 36.7 Å². The lowest BCUT2D eigenvalue weighted by molar-refractivity contribution is 0.305. The number of aromatic nitrogens is 2. The van der Waals surface area contributed by atoms with Crippen LogP contribution < -0.4 is 4.74 Å². The third kappa shape index (κ3) is 3.58. The van der Waals surface area contributed by atoms with Crippen molar-refractivity contribution in [2.75, 3.05) is 14.2 Å². The third-order valence-corrected chi connectivity index (χ3v) is 3.17. The topological polar surface area (TPSA) is 30.3 Å². The Bertz CT molecular complexity index is 504. The molecule has 0 bridgehead atoms. The standard InChI is InChI=1S/C15H21N3O/c1-4-18-10-9-16-15(18)12-17(2)11-13-5-7-14(19-3)8-6-13/h5-10H,4,11-12H2,1-3H3. The van der Waals surface area contributed by atoms with Gasteiger partial charge in [0.05, 0.1) is 13.7 Å². The fourth-order valence-corrected chi connectivity index (χ4v) is 2.12. The first-order valence-electron chi connectivity index (χ1n) is 6.54. The van der Waals surface area contributed by atoms with Crippen LogP contribution in [0.3, 0.4) is 0 Å². The number of rotatable bonds is 6. The maximum Gasteiger partial charge on any atom is 0.122 e. The molecule has 0 aliphatic carbocycles. The molecule has 0 fully saturated rings. The lowest BCUT2D eigenvalue weighted by Crippen LogP contribution is -2.19. The molecule has 2 aromatic rings. The molecule has 1 heterocycles. The first-order valence-corrected chi connectivity index (χ1v) is 6.54. The molecule has 0 aliphatic rings. The normalized spacial score (nSPS) is 10.9. The molecule has 1 aromatic heterocycles. The van der Waals surface area contributed by atoms with Gasteiger partial charge >= 0.3 is 0 Å². The van der Waals surface area contributed by atoms with Crippen molar-refractivity contribution in [2.24, 2.45) is 0 Å². The summed E-state index contributed by atoms with van der Waals surface area (Å²) < 4.78 is 7.33. The van der Waals surface area contributed by atoms with E-state index in [1.54, 1.807) is 7.11 Å². The molecule has 0 amide bonds. The smallest absolute Gasteiger partial charge is 0.122 e. The summed E-state index contributed by atoms with van der Waals surface area (Å²) in [5, 5.41) is 0. The minimum Gasteiger partial charge on any atom is -0.497 e. The molecule has 102 valence electrons. The highest BCUT2D eigenvalue weighted by Gasteiger charge is 2.06. The second-order valence-electron chi connectivity index (χ2n) is 4.65. The molecule has 0 saturated carbocycles. The van der Waals surface area contributed by atoms with Gasteiger partial charge in [0.25, 0.3) is 0 Å². The molecule has 0 saturated heterocycles. The van der Waals surface area contributed by atoms with Crippen molar-refractivity contribution < 1.29 is 4.74 Å². The van der Waals surface area contributed by atoms with Gasteiger partial charge in [-0.25, -0.2) is 4.98 Å². The third-order valence-electron chi connectivity index (χ3n) is 3.17. The summed E-state index contributed by atoms with van der Waals surface area (Å²) in [6.45, 7) is 4.85. The molecule has 0 aliphatic heterocycles. The molecule has 0 spiro atoms. The first-order chi connectivity index (χ1) is 9.22. The Morgan fingerprint density at radius 2 is 1.95 bits per heavy atom. The first kappa shape index (κ1) is 13.6. The van der Waals surface area contributed by atoms with Gasteiger partial charge in [-0.3, -0.25) is 4.90 Å². The van der Waals surface area contributed by atoms with Crippen LogP contribution in [0.5, 0.6) is 5.75 Å². The lowest BCUT2D eigenvalue weighted by atomic mass is 10.2. The highest BCUT2D eigenvalue weighted by Crippen LogP contribution is 2.13. The Labute approximate surface area is 114 Å². The number of imidazole rings is 1. The summed E-state index contributed by atoms with van der Waals surface area (Å²) in [4.78, 5) is 6.66. The molecule has 0 unspecified atom stereocenters. The number of nitrogens with zero attached hydrogens (tertiary/aromatic N) is 3. The van der Waals surface area contributed by atoms with E-state index in [1.165, 1.54) is 5.56 Å². The minimum atomic E-state index is 0.854. The maximum atomic E-state index is 5.16. The van der Waals surface area contributed by atoms with Gasteiger partial charge in [0.2, 0.25) is 0 Å². The summed E-state index contributed by atoms with van der Waals surface area (Å²) in [6.07, 6.45) is 3.89. The van der Waals surface area contributed by atoms with E-state index in [0.717, 1.165) is 31.2 Å². The Kier molecular flexibility index (Phi) is 4.58. The Balaban J connectivity index is 1.95. The van der Waals surface area contributed by atoms with Crippen molar-refractivity contribution in [3.05, 3.63) is 48.0 Å². The van der Waals surface area contributed by atoms with Gasteiger partial charge in [-0.1, -0.05) is 12.1 Å². The molecule has 4 heteroatoms. The summed E-state index contributed by atoms with van der Waals surface area (Å²) >= 11 is 0. The SMILES string of the molecule is CCn1ccnc1CN(C)Cc1ccc(OC)cc1. The zero-order valence-corrected chi connectivity index (χ0v) is 11.8. The van der Waals surface area contributed by atoms with Crippen molar-refractivity contribution in [2.45, 2.75) is 26.6 Å². The van der Waals surface area contributed by atoms with E-state index in [0.29, 0.717) is 0 Å². The lowest BCUT2D eigenvalue weighted by Gasteiger charge is -2.17. The summed E-state index contributed by atoms with van der Waals surface area (Å²) in [5.74, 6) is 2.01. The fraction of sp³-hybridized carbons (Fsp3) is 0.400. The van der Waals surface area contributed by atoms with Crippen LogP contribution in [0.2, 0.25) is 0 Å². The van der Waals surface area contributed by atoms with E-state index in [2.05, 4.69) is 40.6 Å². The predicted molar refractivity (Wildman–Crippen MR) is 76.1 cm³/mol. The van der Waals surface area contributed by atoms with Crippen molar-refractivity contribution >= 4 is 0 Å². The van der Waals surface area contributed by atoms with Crippen molar-refractivity contribution in [1.29, 1.82) is 0 Å². The number of hydrogen-bond donors (Lipinski definition) is 0. The summed E-state index contributed by atoms with van der Waals surface area (Å²) in [6, 6.07) is 8.19. The molecule has 4 nitrogen and oxygen atoms in total. The minimum absolute atomic E-state index is 0.854. The molecule has 19 heavy (non-hydrogen) atoms. The number of benzene rings is 1. The molecule has 0 N–H and O–H groups in total.